The van der Waals surface area contributed by atoms with Gasteiger partial charge in [0.25, 0.3) is 0 Å². The highest BCUT2D eigenvalue weighted by Crippen LogP contribution is 2.35. The maximum Gasteiger partial charge on any atom is 0.126 e. The zero-order valence-corrected chi connectivity index (χ0v) is 10.6. The van der Waals surface area contributed by atoms with Gasteiger partial charge in [-0.25, -0.2) is 4.98 Å². The van der Waals surface area contributed by atoms with Crippen molar-refractivity contribution in [3.8, 4) is 0 Å². The van der Waals surface area contributed by atoms with Gasteiger partial charge in [0.1, 0.15) is 5.82 Å². The lowest BCUT2D eigenvalue weighted by Gasteiger charge is -2.34. The van der Waals surface area contributed by atoms with Gasteiger partial charge in [0.05, 0.1) is 0 Å². The molecule has 88 valence electrons. The summed E-state index contributed by atoms with van der Waals surface area (Å²) in [5.41, 5.74) is 1.76. The lowest BCUT2D eigenvalue weighted by atomic mass is 9.75. The van der Waals surface area contributed by atoms with Crippen LogP contribution in [0.3, 0.4) is 0 Å². The summed E-state index contributed by atoms with van der Waals surface area (Å²) >= 11 is 0. The van der Waals surface area contributed by atoms with Gasteiger partial charge in [-0.2, -0.15) is 0 Å². The van der Waals surface area contributed by atoms with Crippen molar-refractivity contribution >= 4 is 5.82 Å². The zero-order valence-electron chi connectivity index (χ0n) is 10.6. The van der Waals surface area contributed by atoms with Crippen LogP contribution in [0.15, 0.2) is 18.3 Å². The van der Waals surface area contributed by atoms with Crippen LogP contribution in [0.2, 0.25) is 0 Å². The number of hydrogen-bond donors (Lipinski definition) is 1. The molecule has 1 heterocycles. The molecular formula is C14H22N2. The van der Waals surface area contributed by atoms with E-state index in [4.69, 9.17) is 0 Å². The molecule has 1 aliphatic rings. The van der Waals surface area contributed by atoms with E-state index in [0.717, 1.165) is 5.82 Å². The van der Waals surface area contributed by atoms with Gasteiger partial charge in [0.15, 0.2) is 0 Å². The minimum atomic E-state index is 0.541. The molecule has 0 atom stereocenters. The minimum Gasteiger partial charge on any atom is -0.367 e. The van der Waals surface area contributed by atoms with Crippen LogP contribution in [0.1, 0.15) is 45.1 Å². The molecule has 1 fully saturated rings. The van der Waals surface area contributed by atoms with Gasteiger partial charge in [-0.3, -0.25) is 0 Å². The van der Waals surface area contributed by atoms with Crippen molar-refractivity contribution in [2.75, 3.05) is 5.32 Å². The SMILES string of the molecule is Cc1ccc(NC2CCC(C)(C)CC2)nc1. The Kier molecular flexibility index (Phi) is 3.17. The van der Waals surface area contributed by atoms with Crippen molar-refractivity contribution in [1.82, 2.24) is 4.98 Å². The molecule has 0 radical (unpaired) electrons. The number of nitrogens with zero attached hydrogens (tertiary/aromatic N) is 1. The van der Waals surface area contributed by atoms with Gasteiger partial charge in [-0.15, -0.1) is 0 Å². The van der Waals surface area contributed by atoms with E-state index in [-0.39, 0.29) is 0 Å². The number of hydrogen-bond acceptors (Lipinski definition) is 2. The molecule has 2 nitrogen and oxygen atoms in total. The molecule has 0 aliphatic heterocycles. The van der Waals surface area contributed by atoms with Crippen LogP contribution in [-0.2, 0) is 0 Å². The average Bonchev–Trinajstić information content (AvgIpc) is 2.24. The quantitative estimate of drug-likeness (QED) is 0.817. The molecule has 2 heteroatoms. The minimum absolute atomic E-state index is 0.541. The predicted molar refractivity (Wildman–Crippen MR) is 68.6 cm³/mol. The highest BCUT2D eigenvalue weighted by Gasteiger charge is 2.26. The second kappa shape index (κ2) is 4.44. The predicted octanol–water partition coefficient (Wildman–Crippen LogP) is 3.77. The van der Waals surface area contributed by atoms with Crippen LogP contribution < -0.4 is 5.32 Å². The van der Waals surface area contributed by atoms with Crippen LogP contribution in [-0.4, -0.2) is 11.0 Å². The second-order valence-electron chi connectivity index (χ2n) is 5.80. The van der Waals surface area contributed by atoms with E-state index in [2.05, 4.69) is 43.2 Å². The first-order valence-corrected chi connectivity index (χ1v) is 6.24. The number of rotatable bonds is 2. The Labute approximate surface area is 98.5 Å². The third-order valence-electron chi connectivity index (χ3n) is 3.60. The first-order valence-electron chi connectivity index (χ1n) is 6.24. The van der Waals surface area contributed by atoms with E-state index in [0.29, 0.717) is 11.5 Å². The van der Waals surface area contributed by atoms with Crippen molar-refractivity contribution in [2.45, 2.75) is 52.5 Å². The largest absolute Gasteiger partial charge is 0.367 e. The summed E-state index contributed by atoms with van der Waals surface area (Å²) in [7, 11) is 0. The molecule has 16 heavy (non-hydrogen) atoms. The first-order chi connectivity index (χ1) is 7.55. The summed E-state index contributed by atoms with van der Waals surface area (Å²) in [5, 5.41) is 3.53. The molecule has 1 N–H and O–H groups in total. The van der Waals surface area contributed by atoms with Gasteiger partial charge in [-0.1, -0.05) is 19.9 Å². The fraction of sp³-hybridized carbons (Fsp3) is 0.643. The summed E-state index contributed by atoms with van der Waals surface area (Å²) in [4.78, 5) is 4.40. The maximum atomic E-state index is 4.40. The van der Waals surface area contributed by atoms with Gasteiger partial charge in [0, 0.05) is 12.2 Å². The number of anilines is 1. The van der Waals surface area contributed by atoms with Crippen molar-refractivity contribution < 1.29 is 0 Å². The van der Waals surface area contributed by atoms with Crippen LogP contribution >= 0.6 is 0 Å². The van der Waals surface area contributed by atoms with Gasteiger partial charge in [0.2, 0.25) is 0 Å². The Morgan fingerprint density at radius 1 is 1.25 bits per heavy atom. The molecule has 2 rings (SSSR count). The third kappa shape index (κ3) is 2.97. The summed E-state index contributed by atoms with van der Waals surface area (Å²) in [6.45, 7) is 6.81. The second-order valence-corrected chi connectivity index (χ2v) is 5.80. The van der Waals surface area contributed by atoms with Crippen LogP contribution in [0, 0.1) is 12.3 Å². The molecule has 0 spiro atoms. The average molecular weight is 218 g/mol. The molecule has 1 aromatic heterocycles. The molecule has 0 saturated heterocycles. The lowest BCUT2D eigenvalue weighted by Crippen LogP contribution is -2.30. The normalized spacial score (nSPS) is 20.7. The maximum absolute atomic E-state index is 4.40. The van der Waals surface area contributed by atoms with Crippen LogP contribution in [0.5, 0.6) is 0 Å². The fourth-order valence-corrected chi connectivity index (χ4v) is 2.31. The number of pyridine rings is 1. The van der Waals surface area contributed by atoms with E-state index in [1.165, 1.54) is 31.2 Å². The van der Waals surface area contributed by atoms with E-state index in [1.54, 1.807) is 0 Å². The van der Waals surface area contributed by atoms with Crippen molar-refractivity contribution in [3.63, 3.8) is 0 Å². The topological polar surface area (TPSA) is 24.9 Å². The molecular weight excluding hydrogens is 196 g/mol. The summed E-state index contributed by atoms with van der Waals surface area (Å²) in [5.74, 6) is 1.02. The highest BCUT2D eigenvalue weighted by molar-refractivity contribution is 5.36. The zero-order chi connectivity index (χ0) is 11.6. The summed E-state index contributed by atoms with van der Waals surface area (Å²) in [6, 6.07) is 4.81. The molecule has 1 saturated carbocycles. The van der Waals surface area contributed by atoms with E-state index < -0.39 is 0 Å². The smallest absolute Gasteiger partial charge is 0.126 e. The highest BCUT2D eigenvalue weighted by atomic mass is 15.0. The van der Waals surface area contributed by atoms with Gasteiger partial charge >= 0.3 is 0 Å². The number of nitrogens with one attached hydrogen (secondary N) is 1. The Bertz CT molecular complexity index is 330. The van der Waals surface area contributed by atoms with Crippen molar-refractivity contribution in [3.05, 3.63) is 23.9 Å². The Hall–Kier alpha value is -1.05. The standard InChI is InChI=1S/C14H22N2/c1-11-4-5-13(15-10-11)16-12-6-8-14(2,3)9-7-12/h4-5,10,12H,6-9H2,1-3H3,(H,15,16). The summed E-state index contributed by atoms with van der Waals surface area (Å²) < 4.78 is 0. The van der Waals surface area contributed by atoms with Gasteiger partial charge < -0.3 is 5.32 Å². The van der Waals surface area contributed by atoms with Crippen molar-refractivity contribution in [1.29, 1.82) is 0 Å². The molecule has 1 aliphatic carbocycles. The van der Waals surface area contributed by atoms with Crippen LogP contribution in [0.25, 0.3) is 0 Å². The summed E-state index contributed by atoms with van der Waals surface area (Å²) in [6.07, 6.45) is 7.09. The molecule has 0 amide bonds. The first kappa shape index (κ1) is 11.4. The van der Waals surface area contributed by atoms with Gasteiger partial charge in [-0.05, 0) is 49.7 Å². The number of aryl methyl sites for hydroxylation is 1. The van der Waals surface area contributed by atoms with E-state index >= 15 is 0 Å². The lowest BCUT2D eigenvalue weighted by molar-refractivity contribution is 0.232. The van der Waals surface area contributed by atoms with Crippen molar-refractivity contribution in [2.24, 2.45) is 5.41 Å². The number of aromatic nitrogens is 1. The third-order valence-corrected chi connectivity index (χ3v) is 3.60. The molecule has 0 unspecified atom stereocenters. The Morgan fingerprint density at radius 2 is 1.94 bits per heavy atom. The molecule has 0 bridgehead atoms. The van der Waals surface area contributed by atoms with Crippen LogP contribution in [0.4, 0.5) is 5.82 Å². The molecule has 1 aromatic rings. The van der Waals surface area contributed by atoms with E-state index in [9.17, 15) is 0 Å². The Morgan fingerprint density at radius 3 is 2.50 bits per heavy atom. The Balaban J connectivity index is 1.89. The monoisotopic (exact) mass is 218 g/mol. The van der Waals surface area contributed by atoms with E-state index in [1.807, 2.05) is 6.20 Å². The molecule has 0 aromatic carbocycles. The fourth-order valence-electron chi connectivity index (χ4n) is 2.31.